The van der Waals surface area contributed by atoms with E-state index in [1.54, 1.807) is 29.2 Å². The molecule has 1 amide bonds. The molecule has 1 unspecified atom stereocenters. The first-order valence-electron chi connectivity index (χ1n) is 5.86. The number of hydrogen-bond donors (Lipinski definition) is 0. The molecule has 100 valence electrons. The van der Waals surface area contributed by atoms with Crippen LogP contribution < -0.4 is 4.74 Å². The smallest absolute Gasteiger partial charge is 0.260 e. The number of halogens is 1. The molecular formula is C13H13ClN2O3. The van der Waals surface area contributed by atoms with Crippen molar-refractivity contribution < 1.29 is 14.3 Å². The van der Waals surface area contributed by atoms with Crippen LogP contribution in [0, 0.1) is 11.3 Å². The highest BCUT2D eigenvalue weighted by atomic mass is 35.5. The predicted octanol–water partition coefficient (Wildman–Crippen LogP) is 1.47. The molecule has 5 nitrogen and oxygen atoms in total. The van der Waals surface area contributed by atoms with Gasteiger partial charge in [0.2, 0.25) is 0 Å². The molecule has 0 spiro atoms. The van der Waals surface area contributed by atoms with Gasteiger partial charge in [-0.15, -0.1) is 0 Å². The van der Waals surface area contributed by atoms with Gasteiger partial charge in [-0.2, -0.15) is 5.26 Å². The number of carbonyl (C=O) groups is 1. The van der Waals surface area contributed by atoms with Crippen LogP contribution in [-0.4, -0.2) is 43.2 Å². The minimum atomic E-state index is -0.552. The van der Waals surface area contributed by atoms with E-state index in [0.717, 1.165) is 0 Å². The van der Waals surface area contributed by atoms with Gasteiger partial charge in [0, 0.05) is 11.6 Å². The van der Waals surface area contributed by atoms with Gasteiger partial charge in [0.05, 0.1) is 19.2 Å². The Hall–Kier alpha value is -1.77. The van der Waals surface area contributed by atoms with Crippen LogP contribution in [0.25, 0.3) is 0 Å². The zero-order valence-corrected chi connectivity index (χ0v) is 11.0. The number of hydrogen-bond acceptors (Lipinski definition) is 4. The molecule has 1 atom stereocenters. The highest BCUT2D eigenvalue weighted by Crippen LogP contribution is 2.17. The Kier molecular flexibility index (Phi) is 4.61. The van der Waals surface area contributed by atoms with E-state index >= 15 is 0 Å². The van der Waals surface area contributed by atoms with Crippen molar-refractivity contribution in [2.45, 2.75) is 6.10 Å². The molecule has 1 aliphatic heterocycles. The van der Waals surface area contributed by atoms with Crippen LogP contribution in [0.1, 0.15) is 0 Å². The summed E-state index contributed by atoms with van der Waals surface area (Å²) < 4.78 is 10.5. The maximum atomic E-state index is 11.9. The number of carbonyl (C=O) groups excluding carboxylic acids is 1. The number of amides is 1. The van der Waals surface area contributed by atoms with E-state index < -0.39 is 6.10 Å². The van der Waals surface area contributed by atoms with Crippen molar-refractivity contribution in [3.05, 3.63) is 29.3 Å². The number of nitrogens with zero attached hydrogens (tertiary/aromatic N) is 2. The monoisotopic (exact) mass is 280 g/mol. The average molecular weight is 281 g/mol. The number of morpholine rings is 1. The lowest BCUT2D eigenvalue weighted by Crippen LogP contribution is -2.46. The molecule has 0 saturated carbocycles. The van der Waals surface area contributed by atoms with E-state index in [1.807, 2.05) is 6.07 Å². The second-order valence-electron chi connectivity index (χ2n) is 4.07. The molecule has 6 heteroatoms. The van der Waals surface area contributed by atoms with Crippen LogP contribution in [0.15, 0.2) is 24.3 Å². The molecular weight excluding hydrogens is 268 g/mol. The number of rotatable bonds is 3. The van der Waals surface area contributed by atoms with E-state index in [9.17, 15) is 4.79 Å². The minimum absolute atomic E-state index is 0.0709. The van der Waals surface area contributed by atoms with Gasteiger partial charge < -0.3 is 14.4 Å². The van der Waals surface area contributed by atoms with Crippen molar-refractivity contribution in [2.24, 2.45) is 0 Å². The molecule has 19 heavy (non-hydrogen) atoms. The summed E-state index contributed by atoms with van der Waals surface area (Å²) in [5.74, 6) is 0.384. The summed E-state index contributed by atoms with van der Waals surface area (Å²) in [7, 11) is 0. The normalized spacial score (nSPS) is 18.7. The Morgan fingerprint density at radius 3 is 3.21 bits per heavy atom. The Balaban J connectivity index is 1.86. The van der Waals surface area contributed by atoms with Crippen molar-refractivity contribution in [1.29, 1.82) is 5.26 Å². The zero-order valence-electron chi connectivity index (χ0n) is 10.2. The fourth-order valence-electron chi connectivity index (χ4n) is 1.75. The molecule has 1 fully saturated rings. The number of nitriles is 1. The van der Waals surface area contributed by atoms with Crippen LogP contribution in [0.3, 0.4) is 0 Å². The van der Waals surface area contributed by atoms with Crippen molar-refractivity contribution in [1.82, 2.24) is 4.90 Å². The Morgan fingerprint density at radius 2 is 2.47 bits per heavy atom. The summed E-state index contributed by atoms with van der Waals surface area (Å²) in [4.78, 5) is 13.5. The summed E-state index contributed by atoms with van der Waals surface area (Å²) in [6.07, 6.45) is -0.552. The van der Waals surface area contributed by atoms with Gasteiger partial charge >= 0.3 is 0 Å². The third-order valence-electron chi connectivity index (χ3n) is 2.72. The lowest BCUT2D eigenvalue weighted by Gasteiger charge is -2.29. The average Bonchev–Trinajstić information content (AvgIpc) is 2.45. The van der Waals surface area contributed by atoms with Crippen LogP contribution in [-0.2, 0) is 9.53 Å². The van der Waals surface area contributed by atoms with Crippen LogP contribution in [0.4, 0.5) is 0 Å². The maximum absolute atomic E-state index is 11.9. The highest BCUT2D eigenvalue weighted by Gasteiger charge is 2.24. The molecule has 1 heterocycles. The fourth-order valence-corrected chi connectivity index (χ4v) is 1.93. The first kappa shape index (κ1) is 13.7. The lowest BCUT2D eigenvalue weighted by molar-refractivity contribution is -0.139. The van der Waals surface area contributed by atoms with E-state index in [4.69, 9.17) is 26.3 Å². The van der Waals surface area contributed by atoms with Gasteiger partial charge in [0.25, 0.3) is 5.91 Å². The zero-order chi connectivity index (χ0) is 13.7. The molecule has 1 aliphatic rings. The quantitative estimate of drug-likeness (QED) is 0.841. The SMILES string of the molecule is N#CC1CN(C(=O)COc2cccc(Cl)c2)CCO1. The molecule has 0 bridgehead atoms. The second-order valence-corrected chi connectivity index (χ2v) is 4.51. The third-order valence-corrected chi connectivity index (χ3v) is 2.96. The molecule has 0 aromatic heterocycles. The summed E-state index contributed by atoms with van der Waals surface area (Å²) in [5, 5.41) is 9.33. The Morgan fingerprint density at radius 1 is 1.63 bits per heavy atom. The lowest BCUT2D eigenvalue weighted by atomic mass is 10.3. The topological polar surface area (TPSA) is 62.6 Å². The van der Waals surface area contributed by atoms with Gasteiger partial charge in [-0.05, 0) is 18.2 Å². The van der Waals surface area contributed by atoms with E-state index in [-0.39, 0.29) is 19.1 Å². The van der Waals surface area contributed by atoms with Gasteiger partial charge in [-0.25, -0.2) is 0 Å². The molecule has 1 aromatic carbocycles. The largest absolute Gasteiger partial charge is 0.484 e. The van der Waals surface area contributed by atoms with Gasteiger partial charge in [-0.1, -0.05) is 17.7 Å². The first-order valence-corrected chi connectivity index (χ1v) is 6.24. The molecule has 1 saturated heterocycles. The summed E-state index contributed by atoms with van der Waals surface area (Å²) in [6.45, 7) is 1.07. The van der Waals surface area contributed by atoms with E-state index in [2.05, 4.69) is 0 Å². The first-order chi connectivity index (χ1) is 9.19. The van der Waals surface area contributed by atoms with Crippen molar-refractivity contribution in [2.75, 3.05) is 26.3 Å². The summed E-state index contributed by atoms with van der Waals surface area (Å²) in [6, 6.07) is 8.86. The van der Waals surface area contributed by atoms with Gasteiger partial charge in [-0.3, -0.25) is 4.79 Å². The Bertz CT molecular complexity index is 501. The number of benzene rings is 1. The van der Waals surface area contributed by atoms with Gasteiger partial charge in [0.15, 0.2) is 12.7 Å². The Labute approximate surface area is 116 Å². The third kappa shape index (κ3) is 3.85. The molecule has 2 rings (SSSR count). The van der Waals surface area contributed by atoms with Crippen LogP contribution in [0.2, 0.25) is 5.02 Å². The minimum Gasteiger partial charge on any atom is -0.484 e. The summed E-state index contributed by atoms with van der Waals surface area (Å²) in [5.41, 5.74) is 0. The van der Waals surface area contributed by atoms with E-state index in [0.29, 0.717) is 23.9 Å². The molecule has 1 aromatic rings. The summed E-state index contributed by atoms with van der Waals surface area (Å²) >= 11 is 5.82. The predicted molar refractivity (Wildman–Crippen MR) is 68.9 cm³/mol. The van der Waals surface area contributed by atoms with E-state index in [1.165, 1.54) is 0 Å². The number of ether oxygens (including phenoxy) is 2. The second kappa shape index (κ2) is 6.41. The van der Waals surface area contributed by atoms with Gasteiger partial charge in [0.1, 0.15) is 5.75 Å². The maximum Gasteiger partial charge on any atom is 0.260 e. The van der Waals surface area contributed by atoms with Crippen molar-refractivity contribution in [3.8, 4) is 11.8 Å². The van der Waals surface area contributed by atoms with Crippen molar-refractivity contribution in [3.63, 3.8) is 0 Å². The molecule has 0 aliphatic carbocycles. The molecule has 0 N–H and O–H groups in total. The van der Waals surface area contributed by atoms with Crippen LogP contribution >= 0.6 is 11.6 Å². The molecule has 0 radical (unpaired) electrons. The fraction of sp³-hybridized carbons (Fsp3) is 0.385. The highest BCUT2D eigenvalue weighted by molar-refractivity contribution is 6.30. The van der Waals surface area contributed by atoms with Crippen LogP contribution in [0.5, 0.6) is 5.75 Å². The standard InChI is InChI=1S/C13H13ClN2O3/c14-10-2-1-3-11(6-10)19-9-13(17)16-4-5-18-12(7-15)8-16/h1-3,6,12H,4-5,8-9H2. The van der Waals surface area contributed by atoms with Crippen molar-refractivity contribution >= 4 is 17.5 Å².